The van der Waals surface area contributed by atoms with Crippen LogP contribution in [0.4, 0.5) is 5.69 Å². The first-order valence-electron chi connectivity index (χ1n) is 10.2. The molecule has 2 aromatic carbocycles. The molecule has 0 aromatic heterocycles. The van der Waals surface area contributed by atoms with Gasteiger partial charge in [-0.25, -0.2) is 8.42 Å². The van der Waals surface area contributed by atoms with Gasteiger partial charge in [-0.1, -0.05) is 0 Å². The molecule has 1 fully saturated rings. The van der Waals surface area contributed by atoms with Gasteiger partial charge in [0, 0.05) is 30.0 Å². The van der Waals surface area contributed by atoms with Crippen molar-refractivity contribution in [2.24, 2.45) is 0 Å². The number of anilines is 1. The van der Waals surface area contributed by atoms with Gasteiger partial charge in [0.2, 0.25) is 15.9 Å². The van der Waals surface area contributed by atoms with Crippen LogP contribution in [-0.4, -0.2) is 62.7 Å². The van der Waals surface area contributed by atoms with Crippen LogP contribution in [0.3, 0.4) is 0 Å². The summed E-state index contributed by atoms with van der Waals surface area (Å²) in [7, 11) is -3.91. The Bertz CT molecular complexity index is 1140. The van der Waals surface area contributed by atoms with Gasteiger partial charge in [-0.2, -0.15) is 4.31 Å². The first-order valence-corrected chi connectivity index (χ1v) is 12.8. The predicted molar refractivity (Wildman–Crippen MR) is 118 cm³/mol. The number of sulfonamides is 1. The van der Waals surface area contributed by atoms with Gasteiger partial charge >= 0.3 is 0 Å². The van der Waals surface area contributed by atoms with E-state index >= 15 is 0 Å². The third-order valence-electron chi connectivity index (χ3n) is 5.28. The van der Waals surface area contributed by atoms with Crippen LogP contribution in [-0.2, 0) is 14.8 Å². The lowest BCUT2D eigenvalue weighted by atomic mass is 10.2. The molecule has 0 radical (unpaired) electrons. The third-order valence-corrected chi connectivity index (χ3v) is 8.31. The fourth-order valence-electron chi connectivity index (χ4n) is 3.66. The second-order valence-electron chi connectivity index (χ2n) is 7.41. The molecule has 11 heteroatoms. The number of hydrogen-bond acceptors (Lipinski definition) is 8. The number of nitrogens with one attached hydrogen (secondary N) is 1. The maximum Gasteiger partial charge on any atom is 0.244 e. The maximum absolute atomic E-state index is 13.3. The van der Waals surface area contributed by atoms with E-state index < -0.39 is 22.0 Å². The molecule has 0 bridgehead atoms. The lowest BCUT2D eigenvalue weighted by Crippen LogP contribution is -2.44. The molecular formula is C21H22N2O7S2. The zero-order chi connectivity index (χ0) is 22.1. The number of amides is 1. The second-order valence-corrected chi connectivity index (χ2v) is 10.3. The largest absolute Gasteiger partial charge is 0.490 e. The summed E-state index contributed by atoms with van der Waals surface area (Å²) in [6.07, 6.45) is 0.780. The number of thioether (sulfide) groups is 1. The fraction of sp³-hybridized carbons (Fsp3) is 0.381. The molecule has 0 unspecified atom stereocenters. The van der Waals surface area contributed by atoms with Gasteiger partial charge < -0.3 is 24.3 Å². The minimum atomic E-state index is -3.91. The summed E-state index contributed by atoms with van der Waals surface area (Å²) in [5.74, 6) is 2.23. The average Bonchev–Trinajstić information content (AvgIpc) is 3.20. The maximum atomic E-state index is 13.3. The monoisotopic (exact) mass is 478 g/mol. The van der Waals surface area contributed by atoms with Crippen molar-refractivity contribution < 1.29 is 32.2 Å². The van der Waals surface area contributed by atoms with Crippen molar-refractivity contribution in [3.63, 3.8) is 0 Å². The minimum absolute atomic E-state index is 0.0672. The highest BCUT2D eigenvalue weighted by atomic mass is 32.2. The van der Waals surface area contributed by atoms with Crippen LogP contribution >= 0.6 is 11.8 Å². The highest BCUT2D eigenvalue weighted by Gasteiger charge is 2.40. The molecule has 3 aliphatic heterocycles. The van der Waals surface area contributed by atoms with Crippen LogP contribution in [0, 0.1) is 0 Å². The van der Waals surface area contributed by atoms with E-state index in [0.29, 0.717) is 60.9 Å². The molecular weight excluding hydrogens is 456 g/mol. The number of carbonyl (C=O) groups is 1. The Labute approximate surface area is 190 Å². The van der Waals surface area contributed by atoms with Crippen LogP contribution in [0.2, 0.25) is 0 Å². The van der Waals surface area contributed by atoms with E-state index in [9.17, 15) is 13.2 Å². The van der Waals surface area contributed by atoms with Crippen molar-refractivity contribution in [1.29, 1.82) is 0 Å². The zero-order valence-electron chi connectivity index (χ0n) is 17.1. The fourth-order valence-corrected chi connectivity index (χ4v) is 6.82. The normalized spacial score (nSPS) is 20.4. The molecule has 1 saturated heterocycles. The average molecular weight is 479 g/mol. The van der Waals surface area contributed by atoms with Crippen LogP contribution in [0.5, 0.6) is 23.0 Å². The first-order chi connectivity index (χ1) is 15.5. The summed E-state index contributed by atoms with van der Waals surface area (Å²) in [6, 6.07) is 8.82. The third kappa shape index (κ3) is 4.07. The number of hydrogen-bond donors (Lipinski definition) is 1. The number of benzene rings is 2. The Morgan fingerprint density at radius 1 is 0.906 bits per heavy atom. The van der Waals surface area contributed by atoms with E-state index in [0.717, 1.165) is 6.42 Å². The Balaban J connectivity index is 1.35. The molecule has 2 aromatic rings. The van der Waals surface area contributed by atoms with Crippen molar-refractivity contribution in [1.82, 2.24) is 4.31 Å². The molecule has 5 rings (SSSR count). The summed E-state index contributed by atoms with van der Waals surface area (Å²) in [5, 5.41) is 2.82. The summed E-state index contributed by atoms with van der Waals surface area (Å²) in [5.41, 5.74) is 0.521. The Morgan fingerprint density at radius 2 is 1.56 bits per heavy atom. The smallest absolute Gasteiger partial charge is 0.244 e. The molecule has 1 amide bonds. The van der Waals surface area contributed by atoms with Gasteiger partial charge in [-0.15, -0.1) is 11.8 Å². The summed E-state index contributed by atoms with van der Waals surface area (Å²) >= 11 is 1.39. The Kier molecular flexibility index (Phi) is 5.78. The van der Waals surface area contributed by atoms with E-state index in [1.165, 1.54) is 28.2 Å². The summed E-state index contributed by atoms with van der Waals surface area (Å²) in [4.78, 5) is 13.1. The molecule has 32 heavy (non-hydrogen) atoms. The predicted octanol–water partition coefficient (Wildman–Crippen LogP) is 2.32. The topological polar surface area (TPSA) is 103 Å². The summed E-state index contributed by atoms with van der Waals surface area (Å²) in [6.45, 7) is 1.89. The molecule has 0 aliphatic carbocycles. The number of ether oxygens (including phenoxy) is 4. The van der Waals surface area contributed by atoms with E-state index in [-0.39, 0.29) is 10.8 Å². The van der Waals surface area contributed by atoms with Crippen molar-refractivity contribution in [2.75, 3.05) is 43.4 Å². The van der Waals surface area contributed by atoms with Gasteiger partial charge in [0.15, 0.2) is 23.0 Å². The van der Waals surface area contributed by atoms with E-state index in [2.05, 4.69) is 5.32 Å². The molecule has 9 nitrogen and oxygen atoms in total. The number of rotatable bonds is 4. The number of carbonyl (C=O) groups excluding carboxylic acids is 1. The van der Waals surface area contributed by atoms with E-state index in [4.69, 9.17) is 18.9 Å². The van der Waals surface area contributed by atoms with Gasteiger partial charge in [0.25, 0.3) is 0 Å². The number of fused-ring (bicyclic) bond motifs is 2. The Hall–Kier alpha value is -2.63. The van der Waals surface area contributed by atoms with Crippen molar-refractivity contribution in [3.8, 4) is 23.0 Å². The van der Waals surface area contributed by atoms with E-state index in [1.807, 2.05) is 0 Å². The minimum Gasteiger partial charge on any atom is -0.490 e. The lowest BCUT2D eigenvalue weighted by molar-refractivity contribution is -0.118. The molecule has 0 spiro atoms. The standard InChI is InChI=1S/C21H22N2O7S2/c24-21(22-14-2-4-17-19(10-14)28-7-1-6-27-17)16-12-31-13-23(16)32(25,26)15-3-5-18-20(11-15)30-9-8-29-18/h2-5,10-11,16H,1,6-9,12-13H2,(H,22,24)/t16-/m0/s1. The molecule has 3 heterocycles. The Morgan fingerprint density at radius 3 is 2.38 bits per heavy atom. The molecule has 170 valence electrons. The molecule has 3 aliphatic rings. The first kappa shape index (κ1) is 21.2. The molecule has 1 N–H and O–H groups in total. The van der Waals surface area contributed by atoms with Gasteiger partial charge in [-0.3, -0.25) is 4.79 Å². The highest BCUT2D eigenvalue weighted by Crippen LogP contribution is 2.36. The van der Waals surface area contributed by atoms with Crippen LogP contribution in [0.1, 0.15) is 6.42 Å². The van der Waals surface area contributed by atoms with Crippen LogP contribution < -0.4 is 24.3 Å². The SMILES string of the molecule is O=C(Nc1ccc2c(c1)OCCCO2)[C@@H]1CSCN1S(=O)(=O)c1ccc2c(c1)OCCO2. The van der Waals surface area contributed by atoms with Gasteiger partial charge in [0.05, 0.1) is 24.0 Å². The zero-order valence-corrected chi connectivity index (χ0v) is 18.7. The summed E-state index contributed by atoms with van der Waals surface area (Å²) < 4.78 is 50.1. The lowest BCUT2D eigenvalue weighted by Gasteiger charge is -2.24. The number of nitrogens with zero attached hydrogens (tertiary/aromatic N) is 1. The van der Waals surface area contributed by atoms with Crippen molar-refractivity contribution in [2.45, 2.75) is 17.4 Å². The van der Waals surface area contributed by atoms with Gasteiger partial charge in [0.1, 0.15) is 19.3 Å². The van der Waals surface area contributed by atoms with Crippen molar-refractivity contribution in [3.05, 3.63) is 36.4 Å². The molecule has 1 atom stereocenters. The van der Waals surface area contributed by atoms with Crippen molar-refractivity contribution >= 4 is 33.4 Å². The second kappa shape index (κ2) is 8.72. The van der Waals surface area contributed by atoms with E-state index in [1.54, 1.807) is 24.3 Å². The quantitative estimate of drug-likeness (QED) is 0.714. The molecule has 0 saturated carbocycles. The highest BCUT2D eigenvalue weighted by molar-refractivity contribution is 8.00. The van der Waals surface area contributed by atoms with Crippen LogP contribution in [0.25, 0.3) is 0 Å². The van der Waals surface area contributed by atoms with Crippen LogP contribution in [0.15, 0.2) is 41.3 Å². The van der Waals surface area contributed by atoms with Gasteiger partial charge in [-0.05, 0) is 24.3 Å².